The number of nitrogens with zero attached hydrogens (tertiary/aromatic N) is 1. The highest BCUT2D eigenvalue weighted by Crippen LogP contribution is 2.08. The molecule has 19 heavy (non-hydrogen) atoms. The van der Waals surface area contributed by atoms with Crippen LogP contribution in [0.25, 0.3) is 0 Å². The van der Waals surface area contributed by atoms with Crippen LogP contribution in [-0.4, -0.2) is 50.7 Å². The summed E-state index contributed by atoms with van der Waals surface area (Å²) >= 11 is 0. The third kappa shape index (κ3) is 4.86. The van der Waals surface area contributed by atoms with Crippen LogP contribution in [0, 0.1) is 11.6 Å². The molecule has 1 saturated heterocycles. The first kappa shape index (κ1) is 14.4. The molecule has 1 fully saturated rings. The standard InChI is InChI=1S/C14H21F2N3/c15-13-2-1-12(11-14(13)16)3-4-17-5-8-19-9-6-18-7-10-19/h1-2,11,17-18H,3-10H2. The predicted octanol–water partition coefficient (Wildman–Crippen LogP) is 1.00. The number of piperazine rings is 1. The molecule has 1 aromatic carbocycles. The zero-order valence-corrected chi connectivity index (χ0v) is 11.1. The highest BCUT2D eigenvalue weighted by molar-refractivity contribution is 5.17. The van der Waals surface area contributed by atoms with Gasteiger partial charge in [-0.2, -0.15) is 0 Å². The Morgan fingerprint density at radius 2 is 1.89 bits per heavy atom. The van der Waals surface area contributed by atoms with E-state index in [1.54, 1.807) is 6.07 Å². The van der Waals surface area contributed by atoms with E-state index < -0.39 is 11.6 Å². The van der Waals surface area contributed by atoms with Gasteiger partial charge in [0.25, 0.3) is 0 Å². The summed E-state index contributed by atoms with van der Waals surface area (Å²) in [7, 11) is 0. The first-order valence-electron chi connectivity index (χ1n) is 6.83. The summed E-state index contributed by atoms with van der Waals surface area (Å²) in [5.74, 6) is -1.55. The summed E-state index contributed by atoms with van der Waals surface area (Å²) in [6, 6.07) is 4.09. The Balaban J connectivity index is 1.59. The second kappa shape index (κ2) is 7.53. The normalized spacial score (nSPS) is 16.7. The molecule has 2 N–H and O–H groups in total. The van der Waals surface area contributed by atoms with Gasteiger partial charge in [-0.15, -0.1) is 0 Å². The van der Waals surface area contributed by atoms with Gasteiger partial charge in [0, 0.05) is 39.3 Å². The van der Waals surface area contributed by atoms with Crippen molar-refractivity contribution in [3.05, 3.63) is 35.4 Å². The quantitative estimate of drug-likeness (QED) is 0.755. The van der Waals surface area contributed by atoms with Gasteiger partial charge in [0.2, 0.25) is 0 Å². The first-order valence-corrected chi connectivity index (χ1v) is 6.83. The molecule has 106 valence electrons. The average Bonchev–Trinajstić information content (AvgIpc) is 2.43. The van der Waals surface area contributed by atoms with Crippen LogP contribution in [0.3, 0.4) is 0 Å². The number of nitrogens with one attached hydrogen (secondary N) is 2. The maximum atomic E-state index is 13.0. The average molecular weight is 269 g/mol. The molecular weight excluding hydrogens is 248 g/mol. The Kier molecular flexibility index (Phi) is 5.69. The predicted molar refractivity (Wildman–Crippen MR) is 72.2 cm³/mol. The van der Waals surface area contributed by atoms with Gasteiger partial charge < -0.3 is 10.6 Å². The van der Waals surface area contributed by atoms with E-state index in [9.17, 15) is 8.78 Å². The second-order valence-corrected chi connectivity index (χ2v) is 4.84. The molecule has 1 aliphatic heterocycles. The van der Waals surface area contributed by atoms with E-state index in [4.69, 9.17) is 0 Å². The van der Waals surface area contributed by atoms with E-state index >= 15 is 0 Å². The largest absolute Gasteiger partial charge is 0.315 e. The summed E-state index contributed by atoms with van der Waals surface area (Å²) in [4.78, 5) is 2.42. The van der Waals surface area contributed by atoms with Crippen LogP contribution in [0.5, 0.6) is 0 Å². The Morgan fingerprint density at radius 3 is 2.63 bits per heavy atom. The Morgan fingerprint density at radius 1 is 1.11 bits per heavy atom. The number of rotatable bonds is 6. The molecule has 0 aliphatic carbocycles. The van der Waals surface area contributed by atoms with Gasteiger partial charge in [-0.25, -0.2) is 8.78 Å². The van der Waals surface area contributed by atoms with Gasteiger partial charge in [-0.05, 0) is 30.7 Å². The summed E-state index contributed by atoms with van der Waals surface area (Å²) in [6.07, 6.45) is 0.721. The van der Waals surface area contributed by atoms with Crippen molar-refractivity contribution < 1.29 is 8.78 Å². The zero-order valence-electron chi connectivity index (χ0n) is 11.1. The van der Waals surface area contributed by atoms with Crippen molar-refractivity contribution in [3.8, 4) is 0 Å². The fraction of sp³-hybridized carbons (Fsp3) is 0.571. The van der Waals surface area contributed by atoms with E-state index in [1.165, 1.54) is 12.1 Å². The molecule has 0 saturated carbocycles. The molecule has 1 aliphatic rings. The molecule has 0 unspecified atom stereocenters. The van der Waals surface area contributed by atoms with E-state index in [-0.39, 0.29) is 0 Å². The first-order chi connectivity index (χ1) is 9.25. The molecule has 5 heteroatoms. The van der Waals surface area contributed by atoms with E-state index in [0.29, 0.717) is 0 Å². The van der Waals surface area contributed by atoms with Crippen molar-refractivity contribution in [2.45, 2.75) is 6.42 Å². The lowest BCUT2D eigenvalue weighted by Gasteiger charge is -2.27. The van der Waals surface area contributed by atoms with E-state index in [1.807, 2.05) is 0 Å². The fourth-order valence-corrected chi connectivity index (χ4v) is 2.22. The number of hydrogen-bond donors (Lipinski definition) is 2. The van der Waals surface area contributed by atoms with Gasteiger partial charge >= 0.3 is 0 Å². The van der Waals surface area contributed by atoms with Crippen molar-refractivity contribution in [1.29, 1.82) is 0 Å². The van der Waals surface area contributed by atoms with Crippen LogP contribution in [0.2, 0.25) is 0 Å². The monoisotopic (exact) mass is 269 g/mol. The molecule has 1 heterocycles. The van der Waals surface area contributed by atoms with E-state index in [2.05, 4.69) is 15.5 Å². The van der Waals surface area contributed by atoms with Crippen molar-refractivity contribution in [3.63, 3.8) is 0 Å². The van der Waals surface area contributed by atoms with Crippen LogP contribution in [0.15, 0.2) is 18.2 Å². The number of halogens is 2. The van der Waals surface area contributed by atoms with Crippen LogP contribution in [0.1, 0.15) is 5.56 Å². The minimum absolute atomic E-state index is 0.721. The lowest BCUT2D eigenvalue weighted by atomic mass is 10.1. The summed E-state index contributed by atoms with van der Waals surface area (Å²) < 4.78 is 25.7. The van der Waals surface area contributed by atoms with Gasteiger partial charge in [0.15, 0.2) is 11.6 Å². The highest BCUT2D eigenvalue weighted by atomic mass is 19.2. The number of hydrogen-bond acceptors (Lipinski definition) is 3. The smallest absolute Gasteiger partial charge is 0.159 e. The molecule has 3 nitrogen and oxygen atoms in total. The molecule has 2 rings (SSSR count). The van der Waals surface area contributed by atoms with E-state index in [0.717, 1.165) is 57.8 Å². The number of benzene rings is 1. The second-order valence-electron chi connectivity index (χ2n) is 4.84. The van der Waals surface area contributed by atoms with Gasteiger partial charge in [-0.1, -0.05) is 6.07 Å². The maximum Gasteiger partial charge on any atom is 0.159 e. The molecule has 0 amide bonds. The van der Waals surface area contributed by atoms with Crippen molar-refractivity contribution in [2.75, 3.05) is 45.8 Å². The lowest BCUT2D eigenvalue weighted by Crippen LogP contribution is -2.45. The van der Waals surface area contributed by atoms with Crippen LogP contribution >= 0.6 is 0 Å². The molecule has 0 bridgehead atoms. The third-order valence-electron chi connectivity index (χ3n) is 3.39. The molecule has 0 radical (unpaired) electrons. The summed E-state index contributed by atoms with van der Waals surface area (Å²) in [5.41, 5.74) is 0.827. The topological polar surface area (TPSA) is 27.3 Å². The van der Waals surface area contributed by atoms with Crippen molar-refractivity contribution >= 4 is 0 Å². The Labute approximate surface area is 113 Å². The Bertz CT molecular complexity index is 392. The highest BCUT2D eigenvalue weighted by Gasteiger charge is 2.08. The SMILES string of the molecule is Fc1ccc(CCNCCN2CCNCC2)cc1F. The minimum atomic E-state index is -0.782. The zero-order chi connectivity index (χ0) is 13.5. The van der Waals surface area contributed by atoms with Crippen molar-refractivity contribution in [2.24, 2.45) is 0 Å². The summed E-state index contributed by atoms with van der Waals surface area (Å²) in [6.45, 7) is 7.10. The fourth-order valence-electron chi connectivity index (χ4n) is 2.22. The molecule has 0 atom stereocenters. The van der Waals surface area contributed by atoms with Gasteiger partial charge in [0.1, 0.15) is 0 Å². The third-order valence-corrected chi connectivity index (χ3v) is 3.39. The van der Waals surface area contributed by atoms with Crippen LogP contribution < -0.4 is 10.6 Å². The van der Waals surface area contributed by atoms with Crippen LogP contribution in [-0.2, 0) is 6.42 Å². The summed E-state index contributed by atoms with van der Waals surface area (Å²) in [5, 5.41) is 6.66. The van der Waals surface area contributed by atoms with Gasteiger partial charge in [0.05, 0.1) is 0 Å². The van der Waals surface area contributed by atoms with Crippen molar-refractivity contribution in [1.82, 2.24) is 15.5 Å². The maximum absolute atomic E-state index is 13.0. The van der Waals surface area contributed by atoms with Crippen LogP contribution in [0.4, 0.5) is 8.78 Å². The molecule has 1 aromatic rings. The molecule has 0 spiro atoms. The van der Waals surface area contributed by atoms with Gasteiger partial charge in [-0.3, -0.25) is 4.90 Å². The lowest BCUT2D eigenvalue weighted by molar-refractivity contribution is 0.241. The molecular formula is C14H21F2N3. The Hall–Kier alpha value is -1.04. The minimum Gasteiger partial charge on any atom is -0.315 e. The molecule has 0 aromatic heterocycles.